The molecule has 3 N–H and O–H groups in total. The summed E-state index contributed by atoms with van der Waals surface area (Å²) in [5, 5.41) is 9.64. The van der Waals surface area contributed by atoms with Crippen LogP contribution in [-0.2, 0) is 6.54 Å². The van der Waals surface area contributed by atoms with Gasteiger partial charge in [-0.3, -0.25) is 4.90 Å². The summed E-state index contributed by atoms with van der Waals surface area (Å²) in [5.74, 6) is 0.860. The second-order valence-electron chi connectivity index (χ2n) is 4.60. The Morgan fingerprint density at radius 3 is 3.06 bits per heavy atom. The number of nitrogen functional groups attached to an aromatic ring is 1. The van der Waals surface area contributed by atoms with Crippen molar-refractivity contribution in [3.8, 4) is 5.75 Å². The standard InChI is InChI=1S/C13H20N2O2/c1-17-13-5-4-11(14)7-10(13)8-15-6-2-3-12(16)9-15/h4-5,7,12,16H,2-3,6,8-9,14H2,1H3. The van der Waals surface area contributed by atoms with Crippen molar-refractivity contribution in [2.24, 2.45) is 0 Å². The van der Waals surface area contributed by atoms with Gasteiger partial charge in [-0.2, -0.15) is 0 Å². The van der Waals surface area contributed by atoms with E-state index in [0.29, 0.717) is 0 Å². The van der Waals surface area contributed by atoms with Gasteiger partial charge in [-0.15, -0.1) is 0 Å². The van der Waals surface area contributed by atoms with Crippen LogP contribution in [0.15, 0.2) is 18.2 Å². The highest BCUT2D eigenvalue weighted by Gasteiger charge is 2.18. The highest BCUT2D eigenvalue weighted by atomic mass is 16.5. The molecule has 1 fully saturated rings. The molecule has 1 aromatic carbocycles. The van der Waals surface area contributed by atoms with E-state index in [-0.39, 0.29) is 6.10 Å². The molecule has 0 saturated carbocycles. The molecular formula is C13H20N2O2. The summed E-state index contributed by atoms with van der Waals surface area (Å²) < 4.78 is 5.32. The summed E-state index contributed by atoms with van der Waals surface area (Å²) in [6, 6.07) is 5.68. The maximum atomic E-state index is 9.64. The van der Waals surface area contributed by atoms with E-state index < -0.39 is 0 Å². The first-order chi connectivity index (χ1) is 8.19. The van der Waals surface area contributed by atoms with E-state index in [2.05, 4.69) is 4.90 Å². The zero-order valence-electron chi connectivity index (χ0n) is 10.2. The van der Waals surface area contributed by atoms with E-state index in [4.69, 9.17) is 10.5 Å². The number of aliphatic hydroxyl groups excluding tert-OH is 1. The van der Waals surface area contributed by atoms with Crippen LogP contribution >= 0.6 is 0 Å². The normalized spacial score (nSPS) is 21.4. The third-order valence-electron chi connectivity index (χ3n) is 3.18. The molecule has 4 nitrogen and oxygen atoms in total. The quantitative estimate of drug-likeness (QED) is 0.775. The number of benzene rings is 1. The Hall–Kier alpha value is -1.26. The molecular weight excluding hydrogens is 216 g/mol. The average molecular weight is 236 g/mol. The van der Waals surface area contributed by atoms with Crippen molar-refractivity contribution in [2.75, 3.05) is 25.9 Å². The van der Waals surface area contributed by atoms with Gasteiger partial charge in [0.25, 0.3) is 0 Å². The number of nitrogens with two attached hydrogens (primary N) is 1. The third kappa shape index (κ3) is 3.11. The van der Waals surface area contributed by atoms with Gasteiger partial charge >= 0.3 is 0 Å². The summed E-state index contributed by atoms with van der Waals surface area (Å²) in [6.45, 7) is 2.54. The number of piperidine rings is 1. The Morgan fingerprint density at radius 2 is 2.35 bits per heavy atom. The zero-order valence-corrected chi connectivity index (χ0v) is 10.2. The zero-order chi connectivity index (χ0) is 12.3. The molecule has 0 aromatic heterocycles. The van der Waals surface area contributed by atoms with Crippen LogP contribution in [0, 0.1) is 0 Å². The lowest BCUT2D eigenvalue weighted by atomic mass is 10.1. The number of aliphatic hydroxyl groups is 1. The van der Waals surface area contributed by atoms with Crippen LogP contribution in [0.5, 0.6) is 5.75 Å². The van der Waals surface area contributed by atoms with Crippen LogP contribution in [0.2, 0.25) is 0 Å². The van der Waals surface area contributed by atoms with Gasteiger partial charge < -0.3 is 15.6 Å². The molecule has 1 aliphatic rings. The Kier molecular flexibility index (Phi) is 3.86. The van der Waals surface area contributed by atoms with E-state index in [1.807, 2.05) is 18.2 Å². The molecule has 1 aromatic rings. The van der Waals surface area contributed by atoms with Gasteiger partial charge in [0, 0.05) is 24.3 Å². The van der Waals surface area contributed by atoms with Gasteiger partial charge in [0.2, 0.25) is 0 Å². The second kappa shape index (κ2) is 5.38. The molecule has 4 heteroatoms. The molecule has 1 unspecified atom stereocenters. The highest BCUT2D eigenvalue weighted by molar-refractivity contribution is 5.47. The monoisotopic (exact) mass is 236 g/mol. The van der Waals surface area contributed by atoms with Crippen molar-refractivity contribution in [1.29, 1.82) is 0 Å². The Bertz CT molecular complexity index is 382. The SMILES string of the molecule is COc1ccc(N)cc1CN1CCCC(O)C1. The third-order valence-corrected chi connectivity index (χ3v) is 3.18. The predicted molar refractivity (Wildman–Crippen MR) is 67.9 cm³/mol. The number of likely N-dealkylation sites (tertiary alicyclic amines) is 1. The first kappa shape index (κ1) is 12.2. The minimum absolute atomic E-state index is 0.198. The topological polar surface area (TPSA) is 58.7 Å². The first-order valence-corrected chi connectivity index (χ1v) is 6.02. The van der Waals surface area contributed by atoms with Crippen LogP contribution in [0.3, 0.4) is 0 Å². The van der Waals surface area contributed by atoms with E-state index >= 15 is 0 Å². The molecule has 0 aliphatic carbocycles. The van der Waals surface area contributed by atoms with Gasteiger partial charge in [0.1, 0.15) is 5.75 Å². The Labute approximate surface area is 102 Å². The summed E-state index contributed by atoms with van der Waals surface area (Å²) in [4.78, 5) is 2.24. The smallest absolute Gasteiger partial charge is 0.123 e. The average Bonchev–Trinajstić information content (AvgIpc) is 2.29. The van der Waals surface area contributed by atoms with Gasteiger partial charge in [-0.25, -0.2) is 0 Å². The van der Waals surface area contributed by atoms with Crippen LogP contribution in [0.25, 0.3) is 0 Å². The largest absolute Gasteiger partial charge is 0.496 e. The highest BCUT2D eigenvalue weighted by Crippen LogP contribution is 2.24. The maximum Gasteiger partial charge on any atom is 0.123 e. The number of ether oxygens (including phenoxy) is 1. The minimum atomic E-state index is -0.198. The lowest BCUT2D eigenvalue weighted by Crippen LogP contribution is -2.37. The molecule has 1 heterocycles. The van der Waals surface area contributed by atoms with Gasteiger partial charge in [-0.1, -0.05) is 0 Å². The second-order valence-corrected chi connectivity index (χ2v) is 4.60. The molecule has 1 saturated heterocycles. The predicted octanol–water partition coefficient (Wildman–Crippen LogP) is 1.23. The first-order valence-electron chi connectivity index (χ1n) is 6.02. The van der Waals surface area contributed by atoms with Crippen molar-refractivity contribution in [3.63, 3.8) is 0 Å². The van der Waals surface area contributed by atoms with Crippen molar-refractivity contribution < 1.29 is 9.84 Å². The minimum Gasteiger partial charge on any atom is -0.496 e. The van der Waals surface area contributed by atoms with Gasteiger partial charge in [0.15, 0.2) is 0 Å². The number of hydrogen-bond donors (Lipinski definition) is 2. The molecule has 94 valence electrons. The molecule has 1 aliphatic heterocycles. The van der Waals surface area contributed by atoms with Crippen molar-refractivity contribution >= 4 is 5.69 Å². The van der Waals surface area contributed by atoms with E-state index in [1.54, 1.807) is 7.11 Å². The molecule has 0 bridgehead atoms. The van der Waals surface area contributed by atoms with Gasteiger partial charge in [0.05, 0.1) is 13.2 Å². The van der Waals surface area contributed by atoms with Crippen LogP contribution in [-0.4, -0.2) is 36.3 Å². The van der Waals surface area contributed by atoms with Crippen molar-refractivity contribution in [2.45, 2.75) is 25.5 Å². The van der Waals surface area contributed by atoms with E-state index in [9.17, 15) is 5.11 Å². The molecule has 0 spiro atoms. The number of β-amino-alcohol motifs (C(OH)–C–C–N with tert-alkyl or cyclic N) is 1. The summed E-state index contributed by atoms with van der Waals surface area (Å²) in [6.07, 6.45) is 1.76. The summed E-state index contributed by atoms with van der Waals surface area (Å²) in [7, 11) is 1.67. The molecule has 17 heavy (non-hydrogen) atoms. The lowest BCUT2D eigenvalue weighted by Gasteiger charge is -2.30. The van der Waals surface area contributed by atoms with Crippen molar-refractivity contribution in [3.05, 3.63) is 23.8 Å². The lowest BCUT2D eigenvalue weighted by molar-refractivity contribution is 0.0664. The van der Waals surface area contributed by atoms with E-state index in [0.717, 1.165) is 49.5 Å². The number of rotatable bonds is 3. The number of hydrogen-bond acceptors (Lipinski definition) is 4. The number of nitrogens with zero attached hydrogens (tertiary/aromatic N) is 1. The van der Waals surface area contributed by atoms with Crippen LogP contribution in [0.4, 0.5) is 5.69 Å². The molecule has 2 rings (SSSR count). The van der Waals surface area contributed by atoms with Crippen molar-refractivity contribution in [1.82, 2.24) is 4.90 Å². The number of methoxy groups -OCH3 is 1. The van der Waals surface area contributed by atoms with Crippen LogP contribution in [0.1, 0.15) is 18.4 Å². The maximum absolute atomic E-state index is 9.64. The molecule has 0 radical (unpaired) electrons. The molecule has 0 amide bonds. The fraction of sp³-hybridized carbons (Fsp3) is 0.538. The number of anilines is 1. The van der Waals surface area contributed by atoms with Gasteiger partial charge in [-0.05, 0) is 37.6 Å². The van der Waals surface area contributed by atoms with E-state index in [1.165, 1.54) is 0 Å². The fourth-order valence-electron chi connectivity index (χ4n) is 2.34. The Balaban J connectivity index is 2.08. The molecule has 1 atom stereocenters. The summed E-state index contributed by atoms with van der Waals surface area (Å²) in [5.41, 5.74) is 7.62. The van der Waals surface area contributed by atoms with Crippen LogP contribution < -0.4 is 10.5 Å². The summed E-state index contributed by atoms with van der Waals surface area (Å²) >= 11 is 0. The fourth-order valence-corrected chi connectivity index (χ4v) is 2.34. The Morgan fingerprint density at radius 1 is 1.53 bits per heavy atom.